The average molecular weight is 261 g/mol. The largest absolute Gasteiger partial charge is 0.496 e. The summed E-state index contributed by atoms with van der Waals surface area (Å²) in [5, 5.41) is 0. The van der Waals surface area contributed by atoms with E-state index in [1.807, 2.05) is 19.1 Å². The van der Waals surface area contributed by atoms with E-state index >= 15 is 0 Å². The molecule has 0 saturated carbocycles. The number of benzene rings is 1. The molecule has 1 aliphatic heterocycles. The molecule has 0 fully saturated rings. The van der Waals surface area contributed by atoms with Crippen LogP contribution in [-0.4, -0.2) is 25.6 Å². The molecule has 0 aliphatic carbocycles. The van der Waals surface area contributed by atoms with Gasteiger partial charge in [-0.3, -0.25) is 0 Å². The van der Waals surface area contributed by atoms with E-state index in [0.717, 1.165) is 11.3 Å². The summed E-state index contributed by atoms with van der Waals surface area (Å²) >= 11 is 0. The van der Waals surface area contributed by atoms with Crippen LogP contribution in [0, 0.1) is 0 Å². The van der Waals surface area contributed by atoms with Gasteiger partial charge in [0.05, 0.1) is 13.7 Å². The van der Waals surface area contributed by atoms with Crippen molar-refractivity contribution in [3.8, 4) is 11.5 Å². The van der Waals surface area contributed by atoms with Crippen LogP contribution in [0.1, 0.15) is 19.4 Å². The molecule has 1 aromatic rings. The van der Waals surface area contributed by atoms with Gasteiger partial charge in [-0.25, -0.2) is 9.79 Å². The normalized spacial score (nSPS) is 16.3. The number of hydrogen-bond donors (Lipinski definition) is 0. The predicted molar refractivity (Wildman–Crippen MR) is 71.3 cm³/mol. The summed E-state index contributed by atoms with van der Waals surface area (Å²) in [4.78, 5) is 15.5. The average Bonchev–Trinajstić information content (AvgIpc) is 2.70. The smallest absolute Gasteiger partial charge is 0.363 e. The Hall–Kier alpha value is -2.30. The lowest BCUT2D eigenvalue weighted by Crippen LogP contribution is -2.00. The molecule has 19 heavy (non-hydrogen) atoms. The molecule has 5 nitrogen and oxygen atoms in total. The molecule has 5 heteroatoms. The maximum atomic E-state index is 11.5. The maximum Gasteiger partial charge on any atom is 0.363 e. The van der Waals surface area contributed by atoms with Crippen molar-refractivity contribution >= 4 is 17.9 Å². The number of nitrogens with zero attached hydrogens (tertiary/aromatic N) is 1. The molecular formula is C14H15NO4. The summed E-state index contributed by atoms with van der Waals surface area (Å²) in [6.07, 6.45) is 1.63. The van der Waals surface area contributed by atoms with Crippen LogP contribution in [0.4, 0.5) is 0 Å². The second kappa shape index (κ2) is 5.56. The van der Waals surface area contributed by atoms with Gasteiger partial charge in [0.15, 0.2) is 11.6 Å². The van der Waals surface area contributed by atoms with E-state index in [1.165, 1.54) is 0 Å². The van der Waals surface area contributed by atoms with Crippen LogP contribution in [0.25, 0.3) is 6.08 Å². The predicted octanol–water partition coefficient (Wildman–Crippen LogP) is 2.41. The van der Waals surface area contributed by atoms with E-state index in [4.69, 9.17) is 14.2 Å². The molecule has 0 unspecified atom stereocenters. The van der Waals surface area contributed by atoms with E-state index in [0.29, 0.717) is 18.3 Å². The highest BCUT2D eigenvalue weighted by Gasteiger charge is 2.20. The van der Waals surface area contributed by atoms with E-state index in [-0.39, 0.29) is 5.70 Å². The van der Waals surface area contributed by atoms with Crippen LogP contribution >= 0.6 is 0 Å². The van der Waals surface area contributed by atoms with Gasteiger partial charge in [-0.1, -0.05) is 0 Å². The van der Waals surface area contributed by atoms with Gasteiger partial charge in [0.2, 0.25) is 0 Å². The summed E-state index contributed by atoms with van der Waals surface area (Å²) in [5.74, 6) is 1.23. The van der Waals surface area contributed by atoms with Crippen LogP contribution in [0.2, 0.25) is 0 Å². The Kier molecular flexibility index (Phi) is 3.85. The van der Waals surface area contributed by atoms with Crippen molar-refractivity contribution < 1.29 is 19.0 Å². The lowest BCUT2D eigenvalue weighted by atomic mass is 10.1. The summed E-state index contributed by atoms with van der Waals surface area (Å²) < 4.78 is 15.5. The zero-order valence-corrected chi connectivity index (χ0v) is 11.1. The van der Waals surface area contributed by atoms with E-state index in [1.54, 1.807) is 26.2 Å². The molecule has 0 spiro atoms. The Bertz CT molecular complexity index is 561. The number of cyclic esters (lactones) is 1. The first-order valence-electron chi connectivity index (χ1n) is 5.94. The zero-order chi connectivity index (χ0) is 13.8. The molecule has 0 atom stereocenters. The summed E-state index contributed by atoms with van der Waals surface area (Å²) in [6, 6.07) is 5.40. The number of carbonyl (C=O) groups excluding carboxylic acids is 1. The maximum absolute atomic E-state index is 11.5. The topological polar surface area (TPSA) is 57.1 Å². The van der Waals surface area contributed by atoms with Crippen molar-refractivity contribution in [1.29, 1.82) is 0 Å². The molecule has 0 amide bonds. The minimum atomic E-state index is -0.451. The second-order valence-corrected chi connectivity index (χ2v) is 3.89. The van der Waals surface area contributed by atoms with Gasteiger partial charge < -0.3 is 14.2 Å². The number of methoxy groups -OCH3 is 1. The molecular weight excluding hydrogens is 246 g/mol. The molecule has 100 valence electrons. The monoisotopic (exact) mass is 261 g/mol. The Balaban J connectivity index is 2.35. The van der Waals surface area contributed by atoms with Crippen molar-refractivity contribution in [1.82, 2.24) is 0 Å². The third-order valence-corrected chi connectivity index (χ3v) is 2.54. The molecule has 0 aromatic heterocycles. The van der Waals surface area contributed by atoms with Crippen molar-refractivity contribution in [2.75, 3.05) is 13.7 Å². The highest BCUT2D eigenvalue weighted by Crippen LogP contribution is 2.27. The van der Waals surface area contributed by atoms with E-state index < -0.39 is 5.97 Å². The Morgan fingerprint density at radius 2 is 2.21 bits per heavy atom. The molecule has 0 bridgehead atoms. The molecule has 1 heterocycles. The van der Waals surface area contributed by atoms with Crippen molar-refractivity contribution in [2.24, 2.45) is 4.99 Å². The summed E-state index contributed by atoms with van der Waals surface area (Å²) in [7, 11) is 1.56. The number of hydrogen-bond acceptors (Lipinski definition) is 5. The second-order valence-electron chi connectivity index (χ2n) is 3.89. The fraction of sp³-hybridized carbons (Fsp3) is 0.286. The molecule has 1 aliphatic rings. The van der Waals surface area contributed by atoms with Gasteiger partial charge in [0.1, 0.15) is 11.5 Å². The van der Waals surface area contributed by atoms with Crippen molar-refractivity contribution in [2.45, 2.75) is 13.8 Å². The minimum Gasteiger partial charge on any atom is -0.496 e. The highest BCUT2D eigenvalue weighted by atomic mass is 16.6. The summed E-state index contributed by atoms with van der Waals surface area (Å²) in [5.41, 5.74) is 1.01. The number of ether oxygens (including phenoxy) is 3. The van der Waals surface area contributed by atoms with Gasteiger partial charge in [-0.2, -0.15) is 0 Å². The molecule has 0 radical (unpaired) electrons. The van der Waals surface area contributed by atoms with Crippen LogP contribution < -0.4 is 9.47 Å². The van der Waals surface area contributed by atoms with Gasteiger partial charge >= 0.3 is 5.97 Å². The number of carbonyl (C=O) groups is 1. The molecule has 0 saturated heterocycles. The van der Waals surface area contributed by atoms with Crippen LogP contribution in [-0.2, 0) is 9.53 Å². The lowest BCUT2D eigenvalue weighted by Gasteiger charge is -2.08. The Morgan fingerprint density at radius 3 is 2.79 bits per heavy atom. The number of esters is 1. The standard InChI is InChI=1S/C14H15NO4/c1-4-18-11-6-5-10(13(8-11)17-3)7-12-14(16)19-9(2)15-12/h5-8H,4H2,1-3H3. The Labute approximate surface area is 111 Å². The first-order chi connectivity index (χ1) is 9.13. The third-order valence-electron chi connectivity index (χ3n) is 2.54. The van der Waals surface area contributed by atoms with Crippen LogP contribution in [0.15, 0.2) is 28.9 Å². The summed E-state index contributed by atoms with van der Waals surface area (Å²) in [6.45, 7) is 4.13. The highest BCUT2D eigenvalue weighted by molar-refractivity contribution is 6.06. The quantitative estimate of drug-likeness (QED) is 0.617. The third kappa shape index (κ3) is 2.93. The van der Waals surface area contributed by atoms with Gasteiger partial charge in [-0.05, 0) is 25.1 Å². The van der Waals surface area contributed by atoms with Gasteiger partial charge in [-0.15, -0.1) is 0 Å². The van der Waals surface area contributed by atoms with Gasteiger partial charge in [0.25, 0.3) is 0 Å². The van der Waals surface area contributed by atoms with E-state index in [2.05, 4.69) is 4.99 Å². The first-order valence-corrected chi connectivity index (χ1v) is 5.94. The Morgan fingerprint density at radius 1 is 1.42 bits per heavy atom. The molecule has 0 N–H and O–H groups in total. The van der Waals surface area contributed by atoms with Crippen LogP contribution in [0.5, 0.6) is 11.5 Å². The molecule has 1 aromatic carbocycles. The van der Waals surface area contributed by atoms with E-state index in [9.17, 15) is 4.79 Å². The SMILES string of the molecule is CCOc1ccc(C=C2N=C(C)OC2=O)c(OC)c1. The van der Waals surface area contributed by atoms with Crippen LogP contribution in [0.3, 0.4) is 0 Å². The van der Waals surface area contributed by atoms with Crippen molar-refractivity contribution in [3.05, 3.63) is 29.5 Å². The number of aliphatic imine (C=N–C) groups is 1. The van der Waals surface area contributed by atoms with Gasteiger partial charge in [0, 0.05) is 18.6 Å². The lowest BCUT2D eigenvalue weighted by molar-refractivity contribution is -0.130. The fourth-order valence-corrected chi connectivity index (χ4v) is 1.73. The van der Waals surface area contributed by atoms with Crippen molar-refractivity contribution in [3.63, 3.8) is 0 Å². The molecule has 2 rings (SSSR count). The zero-order valence-electron chi connectivity index (χ0n) is 11.1. The first kappa shape index (κ1) is 13.1. The fourth-order valence-electron chi connectivity index (χ4n) is 1.73. The minimum absolute atomic E-state index is 0.264. The number of rotatable bonds is 4.